The lowest BCUT2D eigenvalue weighted by Crippen LogP contribution is -2.31. The molecule has 0 aliphatic carbocycles. The molecule has 1 fully saturated rings. The van der Waals surface area contributed by atoms with Crippen molar-refractivity contribution in [1.82, 2.24) is 5.09 Å². The van der Waals surface area contributed by atoms with Gasteiger partial charge < -0.3 is 14.0 Å². The Balaban J connectivity index is 1.81. The van der Waals surface area contributed by atoms with E-state index < -0.39 is 7.52 Å². The molecule has 1 saturated heterocycles. The van der Waals surface area contributed by atoms with Crippen molar-refractivity contribution in [3.05, 3.63) is 54.1 Å². The van der Waals surface area contributed by atoms with E-state index in [-0.39, 0.29) is 6.04 Å². The fraction of sp³-hybridized carbons (Fsp3) is 0.294. The molecule has 5 nitrogen and oxygen atoms in total. The van der Waals surface area contributed by atoms with Crippen LogP contribution in [0, 0.1) is 0 Å². The molecule has 0 amide bonds. The van der Waals surface area contributed by atoms with E-state index in [4.69, 9.17) is 14.0 Å². The summed E-state index contributed by atoms with van der Waals surface area (Å²) in [7, 11) is 0.169. The van der Waals surface area contributed by atoms with Gasteiger partial charge in [0, 0.05) is 6.04 Å². The van der Waals surface area contributed by atoms with Gasteiger partial charge in [-0.3, -0.25) is 4.57 Å². The summed E-state index contributed by atoms with van der Waals surface area (Å²) >= 11 is 0. The summed E-state index contributed by atoms with van der Waals surface area (Å²) in [6, 6.07) is 14.9. The van der Waals surface area contributed by atoms with Crippen LogP contribution in [0.25, 0.3) is 0 Å². The second-order valence-corrected chi connectivity index (χ2v) is 7.46. The molecule has 23 heavy (non-hydrogen) atoms. The van der Waals surface area contributed by atoms with Gasteiger partial charge >= 0.3 is 0 Å². The average Bonchev–Trinajstić information content (AvgIpc) is 2.62. The van der Waals surface area contributed by atoms with Crippen molar-refractivity contribution in [2.75, 3.05) is 20.8 Å². The van der Waals surface area contributed by atoms with Crippen LogP contribution in [0.2, 0.25) is 0 Å². The smallest absolute Gasteiger partial charge is 0.300 e. The predicted octanol–water partition coefficient (Wildman–Crippen LogP) is 3.27. The zero-order chi connectivity index (χ0) is 16.3. The topological polar surface area (TPSA) is 56.8 Å². The van der Waals surface area contributed by atoms with Crippen LogP contribution in [-0.4, -0.2) is 20.8 Å². The zero-order valence-corrected chi connectivity index (χ0v) is 14.1. The first-order chi connectivity index (χ1) is 11.1. The summed E-state index contributed by atoms with van der Waals surface area (Å²) in [5, 5.41) is 3.84. The maximum Gasteiger partial charge on any atom is 0.300 e. The molecule has 2 atom stereocenters. The summed E-state index contributed by atoms with van der Waals surface area (Å²) in [5.41, 5.74) is 1.07. The molecular weight excluding hydrogens is 313 g/mol. The monoisotopic (exact) mass is 333 g/mol. The Morgan fingerprint density at radius 1 is 1.00 bits per heavy atom. The van der Waals surface area contributed by atoms with Crippen LogP contribution in [0.4, 0.5) is 0 Å². The van der Waals surface area contributed by atoms with Crippen LogP contribution in [0.1, 0.15) is 18.0 Å². The summed E-state index contributed by atoms with van der Waals surface area (Å²) in [6.45, 7) is 0.451. The van der Waals surface area contributed by atoms with Gasteiger partial charge in [0.2, 0.25) is 0 Å². The third-order valence-electron chi connectivity index (χ3n) is 3.94. The average molecular weight is 333 g/mol. The summed E-state index contributed by atoms with van der Waals surface area (Å²) < 4.78 is 29.1. The van der Waals surface area contributed by atoms with Crippen LogP contribution >= 0.6 is 7.52 Å². The largest absolute Gasteiger partial charge is 0.497 e. The van der Waals surface area contributed by atoms with Crippen molar-refractivity contribution < 1.29 is 18.6 Å². The quantitative estimate of drug-likeness (QED) is 0.870. The minimum atomic E-state index is -3.07. The van der Waals surface area contributed by atoms with E-state index in [9.17, 15) is 4.57 Å². The van der Waals surface area contributed by atoms with E-state index in [1.54, 1.807) is 38.5 Å². The second-order valence-electron chi connectivity index (χ2n) is 5.33. The highest BCUT2D eigenvalue weighted by atomic mass is 31.2. The first-order valence-electron chi connectivity index (χ1n) is 7.45. The van der Waals surface area contributed by atoms with E-state index in [2.05, 4.69) is 5.09 Å². The number of methoxy groups -OCH3 is 2. The van der Waals surface area contributed by atoms with Crippen LogP contribution in [0.15, 0.2) is 48.5 Å². The Morgan fingerprint density at radius 3 is 2.13 bits per heavy atom. The van der Waals surface area contributed by atoms with Crippen molar-refractivity contribution in [2.24, 2.45) is 0 Å². The van der Waals surface area contributed by atoms with Gasteiger partial charge in [0.15, 0.2) is 0 Å². The number of rotatable bonds is 4. The summed E-state index contributed by atoms with van der Waals surface area (Å²) in [5.74, 6) is 1.53. The molecule has 0 spiro atoms. The summed E-state index contributed by atoms with van der Waals surface area (Å²) in [6.07, 6.45) is 0.770. The van der Waals surface area contributed by atoms with Gasteiger partial charge in [-0.15, -0.1) is 0 Å². The number of nitrogens with one attached hydrogen (secondary N) is 1. The molecule has 6 heteroatoms. The van der Waals surface area contributed by atoms with E-state index in [0.29, 0.717) is 11.9 Å². The van der Waals surface area contributed by atoms with Crippen molar-refractivity contribution in [3.8, 4) is 11.5 Å². The first-order valence-corrected chi connectivity index (χ1v) is 9.08. The second kappa shape index (κ2) is 6.75. The molecule has 1 aliphatic heterocycles. The van der Waals surface area contributed by atoms with Crippen molar-refractivity contribution in [3.63, 3.8) is 0 Å². The first kappa shape index (κ1) is 16.1. The Bertz CT molecular complexity index is 700. The Labute approximate surface area is 136 Å². The molecule has 1 N–H and O–H groups in total. The molecule has 122 valence electrons. The molecule has 0 bridgehead atoms. The predicted molar refractivity (Wildman–Crippen MR) is 89.7 cm³/mol. The molecular formula is C17H20NO4P. The lowest BCUT2D eigenvalue weighted by atomic mass is 10.1. The normalized spacial score (nSPS) is 24.2. The molecule has 0 radical (unpaired) electrons. The lowest BCUT2D eigenvalue weighted by Gasteiger charge is -2.31. The van der Waals surface area contributed by atoms with Gasteiger partial charge in [0.25, 0.3) is 7.52 Å². The van der Waals surface area contributed by atoms with Crippen molar-refractivity contribution in [1.29, 1.82) is 0 Å². The van der Waals surface area contributed by atoms with Gasteiger partial charge in [0.1, 0.15) is 11.5 Å². The fourth-order valence-corrected chi connectivity index (χ4v) is 4.58. The van der Waals surface area contributed by atoms with Crippen LogP contribution < -0.4 is 19.9 Å². The van der Waals surface area contributed by atoms with Gasteiger partial charge in [-0.1, -0.05) is 12.1 Å². The number of hydrogen-bond acceptors (Lipinski definition) is 4. The number of ether oxygens (including phenoxy) is 2. The zero-order valence-electron chi connectivity index (χ0n) is 13.2. The van der Waals surface area contributed by atoms with E-state index in [1.165, 1.54) is 0 Å². The number of hydrogen-bond donors (Lipinski definition) is 1. The number of benzene rings is 2. The van der Waals surface area contributed by atoms with E-state index >= 15 is 0 Å². The van der Waals surface area contributed by atoms with E-state index in [0.717, 1.165) is 23.5 Å². The highest BCUT2D eigenvalue weighted by Gasteiger charge is 2.34. The third-order valence-corrected chi connectivity index (χ3v) is 6.11. The maximum absolute atomic E-state index is 13.1. The van der Waals surface area contributed by atoms with Gasteiger partial charge in [0.05, 0.1) is 26.1 Å². The molecule has 1 heterocycles. The molecule has 3 rings (SSSR count). The van der Waals surface area contributed by atoms with Crippen LogP contribution in [-0.2, 0) is 9.09 Å². The highest BCUT2D eigenvalue weighted by Crippen LogP contribution is 2.48. The Hall–Kier alpha value is -1.81. The standard InChI is InChI=1S/C17H20NO4P/c1-20-14-5-3-13(4-6-14)17-11-12-22-23(19,18-17)16-9-7-15(21-2)8-10-16/h3-10,17H,11-12H2,1-2H3,(H,18,19). The summed E-state index contributed by atoms with van der Waals surface area (Å²) in [4.78, 5) is 0. The lowest BCUT2D eigenvalue weighted by molar-refractivity contribution is 0.257. The minimum Gasteiger partial charge on any atom is -0.497 e. The van der Waals surface area contributed by atoms with Crippen LogP contribution in [0.3, 0.4) is 0 Å². The molecule has 2 aromatic rings. The maximum atomic E-state index is 13.1. The van der Waals surface area contributed by atoms with Gasteiger partial charge in [-0.2, -0.15) is 0 Å². The van der Waals surface area contributed by atoms with Crippen LogP contribution in [0.5, 0.6) is 11.5 Å². The van der Waals surface area contributed by atoms with Gasteiger partial charge in [-0.25, -0.2) is 5.09 Å². The van der Waals surface area contributed by atoms with Crippen molar-refractivity contribution >= 4 is 12.8 Å². The van der Waals surface area contributed by atoms with Crippen molar-refractivity contribution in [2.45, 2.75) is 12.5 Å². The molecule has 0 aromatic heterocycles. The highest BCUT2D eigenvalue weighted by molar-refractivity contribution is 7.65. The molecule has 2 unspecified atom stereocenters. The fourth-order valence-electron chi connectivity index (χ4n) is 2.61. The Morgan fingerprint density at radius 2 is 1.57 bits per heavy atom. The SMILES string of the molecule is COc1ccc(C2CCOP(=O)(c3ccc(OC)cc3)N2)cc1. The van der Waals surface area contributed by atoms with Gasteiger partial charge in [-0.05, 0) is 48.4 Å². The minimum absolute atomic E-state index is 0.0115. The molecule has 1 aliphatic rings. The third kappa shape index (κ3) is 3.42. The molecule has 0 saturated carbocycles. The van der Waals surface area contributed by atoms with E-state index in [1.807, 2.05) is 24.3 Å². The Kier molecular flexibility index (Phi) is 4.71. The molecule has 2 aromatic carbocycles.